The third-order valence-corrected chi connectivity index (χ3v) is 9.10. The molecule has 3 aromatic rings. The summed E-state index contributed by atoms with van der Waals surface area (Å²) in [5, 5.41) is 41.6. The number of oxime groups is 1. The zero-order valence-electron chi connectivity index (χ0n) is 18.0. The van der Waals surface area contributed by atoms with Crippen LogP contribution in [0.5, 0.6) is 0 Å². The quantitative estimate of drug-likeness (QED) is 0.0744. The maximum atomic E-state index is 12.8. The minimum Gasteiger partial charge on any atom is -0.481 e. The molecule has 5 heterocycles. The van der Waals surface area contributed by atoms with Crippen molar-refractivity contribution in [3.63, 3.8) is 0 Å². The van der Waals surface area contributed by atoms with Gasteiger partial charge in [-0.15, -0.1) is 49.7 Å². The number of amides is 2. The molecule has 2 saturated heterocycles. The second-order valence-electron chi connectivity index (χ2n) is 7.94. The van der Waals surface area contributed by atoms with Crippen molar-refractivity contribution in [1.82, 2.24) is 40.5 Å². The van der Waals surface area contributed by atoms with Gasteiger partial charge in [-0.05, 0) is 16.5 Å². The van der Waals surface area contributed by atoms with Gasteiger partial charge in [-0.1, -0.05) is 5.16 Å². The summed E-state index contributed by atoms with van der Waals surface area (Å²) in [6.07, 6.45) is 0. The second-order valence-corrected chi connectivity index (χ2v) is 10.9. The maximum Gasteiger partial charge on any atom is 0.313 e. The predicted octanol–water partition coefficient (Wildman–Crippen LogP) is -1.42. The summed E-state index contributed by atoms with van der Waals surface area (Å²) in [7, 11) is 0. The van der Waals surface area contributed by atoms with Gasteiger partial charge in [0.25, 0.3) is 5.91 Å². The Balaban J connectivity index is 1.26. The second kappa shape index (κ2) is 9.06. The molecule has 2 aliphatic rings. The molecule has 5 rings (SSSR count). The van der Waals surface area contributed by atoms with Crippen molar-refractivity contribution in [2.75, 3.05) is 29.5 Å². The van der Waals surface area contributed by atoms with Crippen molar-refractivity contribution < 1.29 is 24.7 Å². The number of carbonyl (C=O) groups is 3. The monoisotopic (exact) mass is 551 g/mol. The maximum absolute atomic E-state index is 12.8. The summed E-state index contributed by atoms with van der Waals surface area (Å²) >= 11 is 3.47. The third-order valence-electron chi connectivity index (χ3n) is 5.65. The van der Waals surface area contributed by atoms with Crippen LogP contribution in [0.4, 0.5) is 10.8 Å². The molecule has 0 aliphatic carbocycles. The summed E-state index contributed by atoms with van der Waals surface area (Å²) in [5.41, 5.74) is 10.5. The van der Waals surface area contributed by atoms with Crippen molar-refractivity contribution in [2.45, 2.75) is 16.4 Å². The summed E-state index contributed by atoms with van der Waals surface area (Å²) in [4.78, 5) is 43.1. The minimum absolute atomic E-state index is 0.0512. The Morgan fingerprint density at radius 3 is 2.89 bits per heavy atom. The molecule has 0 aromatic carbocycles. The number of tetrazole rings is 1. The summed E-state index contributed by atoms with van der Waals surface area (Å²) in [6.45, 7) is -0.0512. The number of hydrogen-bond acceptors (Lipinski definition) is 15. The number of carboxylic acid groups (broad SMARTS) is 1. The third kappa shape index (κ3) is 4.03. The minimum atomic E-state index is -1.27. The highest BCUT2D eigenvalue weighted by atomic mass is 32.2. The molecule has 3 atom stereocenters. The molecule has 7 N–H and O–H groups in total. The van der Waals surface area contributed by atoms with Crippen LogP contribution in [0.1, 0.15) is 5.69 Å². The summed E-state index contributed by atoms with van der Waals surface area (Å²) < 4.78 is 1.16. The van der Waals surface area contributed by atoms with E-state index in [0.29, 0.717) is 10.7 Å². The fourth-order valence-corrected chi connectivity index (χ4v) is 7.06. The summed E-state index contributed by atoms with van der Waals surface area (Å²) in [6, 6.07) is 0.653. The number of nitrogens with zero attached hydrogens (tertiary/aromatic N) is 8. The zero-order chi connectivity index (χ0) is 25.6. The molecule has 2 unspecified atom stereocenters. The molecule has 2 amide bonds. The number of hydrogen-bond donors (Lipinski definition) is 5. The number of nitrogens with two attached hydrogens (primary N) is 2. The molecule has 3 aromatic heterocycles. The Bertz CT molecular complexity index is 1410. The Hall–Kier alpha value is -3.71. The van der Waals surface area contributed by atoms with E-state index in [2.05, 4.69) is 36.1 Å². The van der Waals surface area contributed by atoms with Crippen molar-refractivity contribution in [2.24, 2.45) is 10.6 Å². The lowest BCUT2D eigenvalue weighted by Crippen LogP contribution is -2.74. The predicted molar refractivity (Wildman–Crippen MR) is 129 cm³/mol. The van der Waals surface area contributed by atoms with Gasteiger partial charge in [0.1, 0.15) is 27.6 Å². The van der Waals surface area contributed by atoms with Crippen LogP contribution < -0.4 is 16.8 Å². The van der Waals surface area contributed by atoms with E-state index in [9.17, 15) is 24.7 Å². The van der Waals surface area contributed by atoms with E-state index in [1.807, 2.05) is 0 Å². The van der Waals surface area contributed by atoms with Crippen molar-refractivity contribution >= 4 is 74.8 Å². The lowest BCUT2D eigenvalue weighted by molar-refractivity contribution is -0.157. The van der Waals surface area contributed by atoms with Gasteiger partial charge in [0.05, 0.1) is 5.69 Å². The molecule has 0 spiro atoms. The van der Waals surface area contributed by atoms with E-state index in [1.165, 1.54) is 22.0 Å². The first kappa shape index (κ1) is 24.0. The van der Waals surface area contributed by atoms with Gasteiger partial charge in [0.15, 0.2) is 10.8 Å². The van der Waals surface area contributed by atoms with Gasteiger partial charge in [-0.25, -0.2) is 4.98 Å². The van der Waals surface area contributed by atoms with Crippen LogP contribution in [0, 0.1) is 5.41 Å². The van der Waals surface area contributed by atoms with Gasteiger partial charge in [-0.3, -0.25) is 14.4 Å². The highest BCUT2D eigenvalue weighted by Crippen LogP contribution is 2.44. The number of carboxylic acids is 1. The normalized spacial score (nSPS) is 23.8. The van der Waals surface area contributed by atoms with Crippen LogP contribution in [0.25, 0.3) is 5.65 Å². The Labute approximate surface area is 213 Å². The van der Waals surface area contributed by atoms with Gasteiger partial charge in [0, 0.05) is 23.4 Å². The SMILES string of the molecule is Nc1nc(C(=NO)C(=O)NC2C(=O)N3CC(CSc4cc(N)c5nnnn5n4)(C(=O)O)CS[C@H]23)cs1. The number of fused-ring (bicyclic) bond motifs is 2. The van der Waals surface area contributed by atoms with Crippen LogP contribution in [0.3, 0.4) is 0 Å². The van der Waals surface area contributed by atoms with Gasteiger partial charge >= 0.3 is 5.97 Å². The van der Waals surface area contributed by atoms with Crippen LogP contribution in [-0.4, -0.2) is 98.4 Å². The molecule has 0 saturated carbocycles. The zero-order valence-corrected chi connectivity index (χ0v) is 20.5. The lowest BCUT2D eigenvalue weighted by Gasteiger charge is -2.53. The Morgan fingerprint density at radius 1 is 1.39 bits per heavy atom. The first-order valence-electron chi connectivity index (χ1n) is 10.1. The molecule has 0 bridgehead atoms. The molecule has 16 nitrogen and oxygen atoms in total. The van der Waals surface area contributed by atoms with E-state index in [-0.39, 0.29) is 40.2 Å². The largest absolute Gasteiger partial charge is 0.481 e. The number of β-lactam (4-membered cyclic amide) rings is 1. The number of nitrogens with one attached hydrogen (secondary N) is 1. The molecule has 0 radical (unpaired) electrons. The van der Waals surface area contributed by atoms with E-state index >= 15 is 0 Å². The van der Waals surface area contributed by atoms with Crippen LogP contribution in [0.2, 0.25) is 0 Å². The standard InChI is InChI=1S/C17H17N11O5S3/c18-6-1-8(23-28-11(6)22-25-26-28)35-4-17(15(31)32)3-27-13(30)10(14(27)36-5-17)21-12(29)9(24-33)7-2-34-16(19)20-7/h1-2,10,14,33H,3-5,18H2,(H2,19,20)(H,21,29)(H,31,32)/t10?,14-,17?/m1/s1. The number of anilines is 2. The highest BCUT2D eigenvalue weighted by molar-refractivity contribution is 8.00. The van der Waals surface area contributed by atoms with E-state index in [1.54, 1.807) is 6.07 Å². The fraction of sp³-hybridized carbons (Fsp3) is 0.353. The van der Waals surface area contributed by atoms with Crippen LogP contribution in [-0.2, 0) is 14.4 Å². The average molecular weight is 552 g/mol. The van der Waals surface area contributed by atoms with Crippen LogP contribution in [0.15, 0.2) is 21.6 Å². The summed E-state index contributed by atoms with van der Waals surface area (Å²) in [5.74, 6) is -2.01. The lowest BCUT2D eigenvalue weighted by atomic mass is 9.89. The Kier molecular flexibility index (Phi) is 6.04. The first-order valence-corrected chi connectivity index (χ1v) is 13.0. The number of rotatable bonds is 7. The molecular formula is C17H17N11O5S3. The van der Waals surface area contributed by atoms with Gasteiger partial charge in [0.2, 0.25) is 11.6 Å². The van der Waals surface area contributed by atoms with Crippen molar-refractivity contribution in [1.29, 1.82) is 0 Å². The number of carbonyl (C=O) groups excluding carboxylic acids is 2. The number of thioether (sulfide) groups is 2. The molecule has 36 heavy (non-hydrogen) atoms. The number of aliphatic carboxylic acids is 1. The molecule has 188 valence electrons. The number of thiazole rings is 1. The number of aromatic nitrogens is 6. The first-order chi connectivity index (χ1) is 17.2. The highest BCUT2D eigenvalue weighted by Gasteiger charge is 2.57. The van der Waals surface area contributed by atoms with Crippen molar-refractivity contribution in [3.05, 3.63) is 17.1 Å². The molecular weight excluding hydrogens is 534 g/mol. The van der Waals surface area contributed by atoms with Crippen LogP contribution >= 0.6 is 34.9 Å². The fourth-order valence-electron chi connectivity index (χ4n) is 3.75. The smallest absolute Gasteiger partial charge is 0.313 e. The van der Waals surface area contributed by atoms with Crippen molar-refractivity contribution in [3.8, 4) is 0 Å². The Morgan fingerprint density at radius 2 is 2.19 bits per heavy atom. The van der Waals surface area contributed by atoms with E-state index in [4.69, 9.17) is 11.5 Å². The molecule has 2 aliphatic heterocycles. The van der Waals surface area contributed by atoms with E-state index < -0.39 is 34.6 Å². The molecule has 19 heteroatoms. The molecule has 2 fully saturated rings. The van der Waals surface area contributed by atoms with Gasteiger partial charge in [-0.2, -0.15) is 0 Å². The topological polar surface area (TPSA) is 240 Å². The number of nitrogen functional groups attached to an aromatic ring is 2. The average Bonchev–Trinajstić information content (AvgIpc) is 3.50. The van der Waals surface area contributed by atoms with Gasteiger partial charge < -0.3 is 32.0 Å². The van der Waals surface area contributed by atoms with E-state index in [0.717, 1.165) is 27.7 Å².